The third-order valence-electron chi connectivity index (χ3n) is 3.84. The van der Waals surface area contributed by atoms with Gasteiger partial charge in [0.25, 0.3) is 22.8 Å². The minimum absolute atomic E-state index is 0.332. The molecule has 0 aliphatic heterocycles. The normalized spacial score (nSPS) is 19.0. The van der Waals surface area contributed by atoms with Crippen LogP contribution in [-0.4, -0.2) is 25.3 Å². The number of rotatable bonds is 3. The number of carbonyl (C=O) groups is 2. The zero-order chi connectivity index (χ0) is 15.7. The predicted molar refractivity (Wildman–Crippen MR) is 78.6 cm³/mol. The number of hydrogen-bond donors (Lipinski definition) is 1. The highest BCUT2D eigenvalue weighted by molar-refractivity contribution is 7.67. The highest BCUT2D eigenvalue weighted by Gasteiger charge is 2.28. The Labute approximate surface area is 127 Å². The molecule has 6 nitrogen and oxygen atoms in total. The molecule has 1 rings (SSSR count). The maximum atomic E-state index is 12.3. The molecule has 0 aromatic heterocycles. The first-order valence-electron chi connectivity index (χ1n) is 7.69. The van der Waals surface area contributed by atoms with Crippen LogP contribution in [0.1, 0.15) is 71.1 Å². The van der Waals surface area contributed by atoms with Crippen molar-refractivity contribution in [2.45, 2.75) is 71.1 Å². The van der Waals surface area contributed by atoms with E-state index in [0.717, 1.165) is 32.6 Å². The fraction of sp³-hybridized carbons (Fsp3) is 0.857. The van der Waals surface area contributed by atoms with Crippen LogP contribution in [-0.2, 0) is 24.9 Å². The number of imide groups is 1. The molecule has 0 radical (unpaired) electrons. The van der Waals surface area contributed by atoms with E-state index in [1.165, 1.54) is 25.7 Å². The summed E-state index contributed by atoms with van der Waals surface area (Å²) in [5.74, 6) is -1.56. The monoisotopic (exact) mass is 319 g/mol. The highest BCUT2D eigenvalue weighted by atomic mass is 32.2. The third kappa shape index (κ3) is 7.04. The van der Waals surface area contributed by atoms with E-state index in [1.54, 1.807) is 0 Å². The molecule has 0 unspecified atom stereocenters. The summed E-state index contributed by atoms with van der Waals surface area (Å²) in [6.07, 6.45) is 10.2. The summed E-state index contributed by atoms with van der Waals surface area (Å²) in [6, 6.07) is 0. The lowest BCUT2D eigenvalue weighted by atomic mass is 9.94. The topological polar surface area (TPSA) is 80.8 Å². The second-order valence-electron chi connectivity index (χ2n) is 5.56. The van der Waals surface area contributed by atoms with Gasteiger partial charge < -0.3 is 0 Å². The highest BCUT2D eigenvalue weighted by Crippen LogP contribution is 2.23. The zero-order valence-corrected chi connectivity index (χ0v) is 13.5. The minimum Gasteiger partial charge on any atom is -0.272 e. The number of amides is 2. The van der Waals surface area contributed by atoms with Crippen LogP contribution < -0.4 is 0 Å². The quantitative estimate of drug-likeness (QED) is 0.638. The second-order valence-corrected chi connectivity index (χ2v) is 6.17. The largest absolute Gasteiger partial charge is 0.278 e. The first-order chi connectivity index (χ1) is 10.0. The maximum absolute atomic E-state index is 12.3. The van der Waals surface area contributed by atoms with E-state index < -0.39 is 22.8 Å². The Hall–Kier alpha value is -0.950. The van der Waals surface area contributed by atoms with Crippen LogP contribution in [0.4, 0.5) is 0 Å². The van der Waals surface area contributed by atoms with Gasteiger partial charge in [0.1, 0.15) is 0 Å². The summed E-state index contributed by atoms with van der Waals surface area (Å²) in [5.41, 5.74) is 0. The van der Waals surface area contributed by atoms with Crippen molar-refractivity contribution in [2.24, 2.45) is 5.92 Å². The molecular weight excluding hydrogens is 294 g/mol. The smallest absolute Gasteiger partial charge is 0.272 e. The van der Waals surface area contributed by atoms with E-state index in [-0.39, 0.29) is 5.92 Å². The van der Waals surface area contributed by atoms with E-state index in [0.29, 0.717) is 17.9 Å². The Morgan fingerprint density at radius 1 is 0.905 bits per heavy atom. The van der Waals surface area contributed by atoms with E-state index in [1.807, 2.05) is 0 Å². The fourth-order valence-electron chi connectivity index (χ4n) is 2.72. The van der Waals surface area contributed by atoms with Crippen molar-refractivity contribution in [1.29, 1.82) is 0 Å². The molecule has 0 spiro atoms. The van der Waals surface area contributed by atoms with Gasteiger partial charge in [0, 0.05) is 12.8 Å². The molecule has 1 fully saturated rings. The van der Waals surface area contributed by atoms with Gasteiger partial charge >= 0.3 is 0 Å². The predicted octanol–water partition coefficient (Wildman–Crippen LogP) is 2.35. The molecule has 0 heterocycles. The van der Waals surface area contributed by atoms with Crippen molar-refractivity contribution in [3.8, 4) is 0 Å². The Balaban J connectivity index is 2.70. The molecular formula is C14H25NO5S. The van der Waals surface area contributed by atoms with Crippen molar-refractivity contribution < 1.29 is 22.3 Å². The number of nitrogens with zero attached hydrogens (tertiary/aromatic N) is 1. The fourth-order valence-corrected chi connectivity index (χ4v) is 3.05. The Kier molecular flexibility index (Phi) is 8.52. The van der Waals surface area contributed by atoms with Crippen LogP contribution >= 0.6 is 0 Å². The minimum atomic E-state index is -3.27. The van der Waals surface area contributed by atoms with Crippen LogP contribution in [0.25, 0.3) is 0 Å². The average molecular weight is 319 g/mol. The lowest BCUT2D eigenvalue weighted by Crippen LogP contribution is -2.39. The van der Waals surface area contributed by atoms with Gasteiger partial charge in [-0.2, -0.15) is 0 Å². The van der Waals surface area contributed by atoms with Gasteiger partial charge in [-0.15, -0.1) is 9.35 Å². The van der Waals surface area contributed by atoms with Crippen molar-refractivity contribution in [3.63, 3.8) is 0 Å². The molecule has 0 atom stereocenters. The summed E-state index contributed by atoms with van der Waals surface area (Å²) in [4.78, 5) is 23.7. The molecule has 122 valence electrons. The van der Waals surface area contributed by atoms with E-state index in [9.17, 15) is 18.0 Å². The van der Waals surface area contributed by atoms with Crippen molar-refractivity contribution >= 4 is 22.8 Å². The summed E-state index contributed by atoms with van der Waals surface area (Å²) in [5, 5.41) is 0.399. The SMILES string of the molecule is CC(=O)N(O[SH](=O)=O)C(=O)C1CCCCCCCCCC1. The summed E-state index contributed by atoms with van der Waals surface area (Å²) in [7, 11) is -3.27. The average Bonchev–Trinajstić information content (AvgIpc) is 2.48. The number of hydroxylamine groups is 2. The van der Waals surface area contributed by atoms with Crippen LogP contribution in [0.3, 0.4) is 0 Å². The molecule has 0 aromatic carbocycles. The molecule has 1 saturated carbocycles. The van der Waals surface area contributed by atoms with Crippen LogP contribution in [0.15, 0.2) is 0 Å². The van der Waals surface area contributed by atoms with Crippen molar-refractivity contribution in [3.05, 3.63) is 0 Å². The molecule has 0 saturated heterocycles. The Bertz CT molecular complexity index is 402. The first-order valence-corrected chi connectivity index (χ1v) is 8.79. The van der Waals surface area contributed by atoms with Gasteiger partial charge in [0.05, 0.1) is 0 Å². The lowest BCUT2D eigenvalue weighted by Gasteiger charge is -2.21. The van der Waals surface area contributed by atoms with Gasteiger partial charge in [-0.05, 0) is 12.8 Å². The van der Waals surface area contributed by atoms with E-state index >= 15 is 0 Å². The lowest BCUT2D eigenvalue weighted by molar-refractivity contribution is -0.172. The van der Waals surface area contributed by atoms with Crippen molar-refractivity contribution in [1.82, 2.24) is 5.06 Å². The number of carbonyl (C=O) groups excluding carboxylic acids is 2. The summed E-state index contributed by atoms with van der Waals surface area (Å²) >= 11 is 0. The standard InChI is InChI=1S/C14H25NO5S/c1-12(16)15(20-21(18)19)14(17)13-10-8-6-4-2-3-5-7-9-11-13/h13,21H,2-11H2,1H3. The Morgan fingerprint density at radius 2 is 1.33 bits per heavy atom. The summed E-state index contributed by atoms with van der Waals surface area (Å²) in [6.45, 7) is 1.13. The molecule has 1 aliphatic carbocycles. The Morgan fingerprint density at radius 3 is 1.71 bits per heavy atom. The summed E-state index contributed by atoms with van der Waals surface area (Å²) < 4.78 is 25.6. The van der Waals surface area contributed by atoms with Gasteiger partial charge in [-0.1, -0.05) is 51.4 Å². The molecule has 2 amide bonds. The van der Waals surface area contributed by atoms with Crippen LogP contribution in [0.2, 0.25) is 0 Å². The van der Waals surface area contributed by atoms with Crippen molar-refractivity contribution in [2.75, 3.05) is 0 Å². The molecule has 1 aliphatic rings. The zero-order valence-electron chi connectivity index (χ0n) is 12.6. The first kappa shape index (κ1) is 18.1. The molecule has 0 aromatic rings. The van der Waals surface area contributed by atoms with Crippen LogP contribution in [0.5, 0.6) is 0 Å². The second kappa shape index (κ2) is 9.89. The van der Waals surface area contributed by atoms with Gasteiger partial charge in [0.15, 0.2) is 0 Å². The molecule has 7 heteroatoms. The van der Waals surface area contributed by atoms with Gasteiger partial charge in [0.2, 0.25) is 0 Å². The third-order valence-corrected chi connectivity index (χ3v) is 4.14. The molecule has 0 bridgehead atoms. The molecule has 0 N–H and O–H groups in total. The van der Waals surface area contributed by atoms with E-state index in [2.05, 4.69) is 4.28 Å². The van der Waals surface area contributed by atoms with E-state index in [4.69, 9.17) is 0 Å². The number of thiol groups is 1. The van der Waals surface area contributed by atoms with Gasteiger partial charge in [-0.3, -0.25) is 9.59 Å². The molecule has 21 heavy (non-hydrogen) atoms. The number of hydrogen-bond acceptors (Lipinski definition) is 5. The maximum Gasteiger partial charge on any atom is 0.278 e. The van der Waals surface area contributed by atoms with Gasteiger partial charge in [-0.25, -0.2) is 8.42 Å². The van der Waals surface area contributed by atoms with Crippen LogP contribution in [0, 0.1) is 5.92 Å².